The zero-order valence-corrected chi connectivity index (χ0v) is 19.2. The van der Waals surface area contributed by atoms with Gasteiger partial charge in [0.1, 0.15) is 5.78 Å². The van der Waals surface area contributed by atoms with Crippen molar-refractivity contribution in [2.45, 2.75) is 24.9 Å². The molecule has 0 heterocycles. The molecule has 1 N–H and O–H groups in total. The summed E-state index contributed by atoms with van der Waals surface area (Å²) in [5, 5.41) is 11.3. The van der Waals surface area contributed by atoms with Crippen LogP contribution in [0.2, 0.25) is 0 Å². The van der Waals surface area contributed by atoms with E-state index in [9.17, 15) is 19.5 Å². The average Bonchev–Trinajstić information content (AvgIpc) is 2.79. The quantitative estimate of drug-likeness (QED) is 0.391. The van der Waals surface area contributed by atoms with E-state index in [2.05, 4.69) is 15.9 Å². The summed E-state index contributed by atoms with van der Waals surface area (Å²) in [6.45, 7) is 1.52. The summed E-state index contributed by atoms with van der Waals surface area (Å²) in [4.78, 5) is 40.5. The second kappa shape index (κ2) is 8.93. The lowest BCUT2D eigenvalue weighted by Gasteiger charge is -2.45. The Labute approximate surface area is 195 Å². The van der Waals surface area contributed by atoms with Crippen LogP contribution in [0.3, 0.4) is 0 Å². The molecule has 1 saturated carbocycles. The largest absolute Gasteiger partial charge is 0.389 e. The first kappa shape index (κ1) is 22.3. The van der Waals surface area contributed by atoms with E-state index < -0.39 is 23.4 Å². The molecule has 0 bridgehead atoms. The first-order valence-electron chi connectivity index (χ1n) is 10.5. The molecule has 0 spiro atoms. The van der Waals surface area contributed by atoms with Crippen molar-refractivity contribution >= 4 is 33.3 Å². The zero-order valence-electron chi connectivity index (χ0n) is 17.6. The van der Waals surface area contributed by atoms with Crippen LogP contribution in [0.1, 0.15) is 45.5 Å². The predicted octanol–water partition coefficient (Wildman–Crippen LogP) is 5.25. The molecule has 3 aromatic carbocycles. The van der Waals surface area contributed by atoms with Gasteiger partial charge in [0, 0.05) is 27.9 Å². The highest BCUT2D eigenvalue weighted by molar-refractivity contribution is 9.10. The number of hydrogen-bond acceptors (Lipinski definition) is 4. The van der Waals surface area contributed by atoms with Crippen molar-refractivity contribution in [3.63, 3.8) is 0 Å². The molecule has 4 rings (SSSR count). The number of aliphatic hydroxyl groups is 1. The van der Waals surface area contributed by atoms with Gasteiger partial charge in [0.05, 0.1) is 17.4 Å². The third-order valence-electron chi connectivity index (χ3n) is 6.20. The highest BCUT2D eigenvalue weighted by Gasteiger charge is 2.55. The SMILES string of the molecule is C[C@]1(O)CC(=O)[C@H](C(=O)c2ccccc2)[C@@H](c2ccc(Br)cc2)[C@H]1C(=O)c1ccccc1. The second-order valence-corrected chi connectivity index (χ2v) is 9.41. The molecule has 162 valence electrons. The van der Waals surface area contributed by atoms with Crippen LogP contribution in [0.5, 0.6) is 0 Å². The Morgan fingerprint density at radius 1 is 0.844 bits per heavy atom. The molecule has 3 aromatic rings. The average molecular weight is 491 g/mol. The van der Waals surface area contributed by atoms with Crippen molar-refractivity contribution in [1.82, 2.24) is 0 Å². The van der Waals surface area contributed by atoms with Gasteiger partial charge in [-0.1, -0.05) is 88.7 Å². The third kappa shape index (κ3) is 4.23. The van der Waals surface area contributed by atoms with E-state index in [4.69, 9.17) is 0 Å². The molecule has 0 radical (unpaired) electrons. The van der Waals surface area contributed by atoms with Crippen LogP contribution in [0.25, 0.3) is 0 Å². The van der Waals surface area contributed by atoms with Crippen LogP contribution < -0.4 is 0 Å². The lowest BCUT2D eigenvalue weighted by Crippen LogP contribution is -2.54. The van der Waals surface area contributed by atoms with Crippen LogP contribution in [0.4, 0.5) is 0 Å². The standard InChI is InChI=1S/C27H23BrO4/c1-27(32)16-21(29)23(25(30)18-8-4-2-5-9-18)22(17-12-14-20(28)15-13-17)24(27)26(31)19-10-6-3-7-11-19/h2-15,22-24,32H,16H2,1H3/t22-,23+,24+,27+/m1/s1. The Morgan fingerprint density at radius 2 is 1.34 bits per heavy atom. The van der Waals surface area contributed by atoms with E-state index in [1.165, 1.54) is 6.92 Å². The van der Waals surface area contributed by atoms with E-state index in [0.717, 1.165) is 4.47 Å². The van der Waals surface area contributed by atoms with Crippen LogP contribution in [-0.2, 0) is 4.79 Å². The molecular weight excluding hydrogens is 468 g/mol. The van der Waals surface area contributed by atoms with Crippen LogP contribution in [0, 0.1) is 11.8 Å². The molecule has 0 aliphatic heterocycles. The van der Waals surface area contributed by atoms with Crippen molar-refractivity contribution < 1.29 is 19.5 Å². The minimum atomic E-state index is -1.59. The summed E-state index contributed by atoms with van der Waals surface area (Å²) < 4.78 is 0.840. The maximum Gasteiger partial charge on any atom is 0.173 e. The number of halogens is 1. The Bertz CT molecular complexity index is 1140. The van der Waals surface area contributed by atoms with Crippen molar-refractivity contribution in [3.8, 4) is 0 Å². The van der Waals surface area contributed by atoms with Gasteiger partial charge >= 0.3 is 0 Å². The lowest BCUT2D eigenvalue weighted by atomic mass is 9.58. The summed E-state index contributed by atoms with van der Waals surface area (Å²) in [5.74, 6) is -3.77. The minimum absolute atomic E-state index is 0.257. The van der Waals surface area contributed by atoms with E-state index >= 15 is 0 Å². The summed E-state index contributed by atoms with van der Waals surface area (Å²) in [6, 6.07) is 24.6. The molecule has 1 aliphatic carbocycles. The fraction of sp³-hybridized carbons (Fsp3) is 0.222. The molecular formula is C27H23BrO4. The fourth-order valence-corrected chi connectivity index (χ4v) is 5.01. The predicted molar refractivity (Wildman–Crippen MR) is 126 cm³/mol. The molecule has 1 aliphatic rings. The molecule has 0 aromatic heterocycles. The van der Waals surface area contributed by atoms with Crippen molar-refractivity contribution in [2.24, 2.45) is 11.8 Å². The maximum absolute atomic E-state index is 13.7. The molecule has 5 heteroatoms. The van der Waals surface area contributed by atoms with Gasteiger partial charge < -0.3 is 5.11 Å². The molecule has 4 atom stereocenters. The fourth-order valence-electron chi connectivity index (χ4n) is 4.74. The summed E-state index contributed by atoms with van der Waals surface area (Å²) in [7, 11) is 0. The summed E-state index contributed by atoms with van der Waals surface area (Å²) >= 11 is 3.42. The number of hydrogen-bond donors (Lipinski definition) is 1. The number of benzene rings is 3. The van der Waals surface area contributed by atoms with Gasteiger partial charge in [-0.3, -0.25) is 14.4 Å². The molecule has 0 unspecified atom stereocenters. The lowest BCUT2D eigenvalue weighted by molar-refractivity contribution is -0.134. The van der Waals surface area contributed by atoms with Crippen molar-refractivity contribution in [1.29, 1.82) is 0 Å². The Kier molecular flexibility index (Phi) is 6.22. The molecule has 4 nitrogen and oxygen atoms in total. The van der Waals surface area contributed by atoms with Gasteiger partial charge in [0.25, 0.3) is 0 Å². The first-order valence-corrected chi connectivity index (χ1v) is 11.3. The number of carbonyl (C=O) groups excluding carboxylic acids is 3. The van der Waals surface area contributed by atoms with Gasteiger partial charge in [-0.2, -0.15) is 0 Å². The van der Waals surface area contributed by atoms with E-state index in [1.807, 2.05) is 18.2 Å². The van der Waals surface area contributed by atoms with Gasteiger partial charge in [-0.25, -0.2) is 0 Å². The number of Topliss-reactive ketones (excluding diaryl/α,β-unsaturated/α-hetero) is 3. The van der Waals surface area contributed by atoms with E-state index in [-0.39, 0.29) is 23.8 Å². The van der Waals surface area contributed by atoms with Crippen LogP contribution >= 0.6 is 15.9 Å². The van der Waals surface area contributed by atoms with E-state index in [1.54, 1.807) is 66.7 Å². The monoisotopic (exact) mass is 490 g/mol. The Balaban J connectivity index is 1.89. The Morgan fingerprint density at radius 3 is 1.88 bits per heavy atom. The maximum atomic E-state index is 13.7. The number of rotatable bonds is 5. The van der Waals surface area contributed by atoms with Gasteiger partial charge in [-0.15, -0.1) is 0 Å². The van der Waals surface area contributed by atoms with E-state index in [0.29, 0.717) is 16.7 Å². The first-order chi connectivity index (χ1) is 15.3. The van der Waals surface area contributed by atoms with Crippen molar-refractivity contribution in [3.05, 3.63) is 106 Å². The topological polar surface area (TPSA) is 71.4 Å². The Hall–Kier alpha value is -2.89. The van der Waals surface area contributed by atoms with Gasteiger partial charge in [0.2, 0.25) is 0 Å². The molecule has 0 saturated heterocycles. The highest BCUT2D eigenvalue weighted by atomic mass is 79.9. The third-order valence-corrected chi connectivity index (χ3v) is 6.73. The number of ketones is 3. The minimum Gasteiger partial charge on any atom is -0.389 e. The molecule has 32 heavy (non-hydrogen) atoms. The summed E-state index contributed by atoms with van der Waals surface area (Å²) in [5.41, 5.74) is -0.0551. The van der Waals surface area contributed by atoms with Crippen molar-refractivity contribution in [2.75, 3.05) is 0 Å². The summed E-state index contributed by atoms with van der Waals surface area (Å²) in [6.07, 6.45) is -0.257. The number of carbonyl (C=O) groups is 3. The molecule has 1 fully saturated rings. The smallest absolute Gasteiger partial charge is 0.173 e. The van der Waals surface area contributed by atoms with Gasteiger partial charge in [0.15, 0.2) is 11.6 Å². The van der Waals surface area contributed by atoms with Crippen LogP contribution in [0.15, 0.2) is 89.4 Å². The van der Waals surface area contributed by atoms with Crippen LogP contribution in [-0.4, -0.2) is 28.1 Å². The second-order valence-electron chi connectivity index (χ2n) is 8.49. The highest BCUT2D eigenvalue weighted by Crippen LogP contribution is 2.48. The normalized spacial score (nSPS) is 25.3. The zero-order chi connectivity index (χ0) is 22.9. The van der Waals surface area contributed by atoms with Gasteiger partial charge in [-0.05, 0) is 24.6 Å². The molecule has 0 amide bonds.